The lowest BCUT2D eigenvalue weighted by Gasteiger charge is -2.31. The molecule has 192 valence electrons. The topological polar surface area (TPSA) is 82.0 Å². The lowest BCUT2D eigenvalue weighted by Crippen LogP contribution is -2.40. The molecule has 1 saturated heterocycles. The van der Waals surface area contributed by atoms with Crippen molar-refractivity contribution in [3.05, 3.63) is 65.9 Å². The molecule has 8 heteroatoms. The minimum atomic E-state index is -1.34. The van der Waals surface area contributed by atoms with E-state index in [1.54, 1.807) is 6.92 Å². The van der Waals surface area contributed by atoms with Crippen molar-refractivity contribution in [3.63, 3.8) is 0 Å². The summed E-state index contributed by atoms with van der Waals surface area (Å²) in [7, 11) is 0. The smallest absolute Gasteiger partial charge is 0.341 e. The molecule has 2 aromatic rings. The van der Waals surface area contributed by atoms with Gasteiger partial charge in [-0.3, -0.25) is 4.90 Å². The molecule has 2 aliphatic heterocycles. The summed E-state index contributed by atoms with van der Waals surface area (Å²) in [5, 5.41) is 8.50. The lowest BCUT2D eigenvalue weighted by atomic mass is 9.93. The standard InChI is InChI=1S/C28H35N3O5/c1-3-5-17-35-26-9-7-6-8-24(26)22-10-12-23(13-11-22)28(25(21-29-30-28)27(32)34-4-2)36-20-16-31-14-18-33-19-15-31/h6-13,21H,3-5,14-20H2,1-2H3. The summed E-state index contributed by atoms with van der Waals surface area (Å²) in [5.41, 5.74) is 1.68. The number of morpholine rings is 1. The highest BCUT2D eigenvalue weighted by atomic mass is 16.5. The van der Waals surface area contributed by atoms with Crippen LogP contribution in [0.5, 0.6) is 5.75 Å². The SMILES string of the molecule is CCCCOc1ccccc1-c1ccc(C2(OCCN3CCOCC3)N=NC=C2C(=O)OCC)cc1. The van der Waals surface area contributed by atoms with Crippen LogP contribution >= 0.6 is 0 Å². The molecule has 4 rings (SSSR count). The number of rotatable bonds is 12. The quantitative estimate of drug-likeness (QED) is 0.308. The maximum Gasteiger partial charge on any atom is 0.341 e. The van der Waals surface area contributed by atoms with Crippen LogP contribution in [0.25, 0.3) is 11.1 Å². The van der Waals surface area contributed by atoms with E-state index in [0.29, 0.717) is 33.0 Å². The number of carbonyl (C=O) groups excluding carboxylic acids is 1. The first-order valence-corrected chi connectivity index (χ1v) is 12.7. The summed E-state index contributed by atoms with van der Waals surface area (Å²) in [5.74, 6) is 0.371. The van der Waals surface area contributed by atoms with Crippen LogP contribution in [0.15, 0.2) is 70.5 Å². The van der Waals surface area contributed by atoms with Gasteiger partial charge in [0, 0.05) is 30.8 Å². The molecule has 0 saturated carbocycles. The van der Waals surface area contributed by atoms with E-state index < -0.39 is 11.7 Å². The zero-order chi connectivity index (χ0) is 25.2. The van der Waals surface area contributed by atoms with Gasteiger partial charge in [0.15, 0.2) is 0 Å². The van der Waals surface area contributed by atoms with Gasteiger partial charge in [-0.2, -0.15) is 5.11 Å². The number of benzene rings is 2. The minimum absolute atomic E-state index is 0.258. The van der Waals surface area contributed by atoms with Crippen LogP contribution in [0.4, 0.5) is 0 Å². The van der Waals surface area contributed by atoms with Gasteiger partial charge in [-0.1, -0.05) is 55.8 Å². The van der Waals surface area contributed by atoms with Crippen LogP contribution in [-0.4, -0.2) is 63.5 Å². The van der Waals surface area contributed by atoms with E-state index in [-0.39, 0.29) is 12.2 Å². The Hall–Kier alpha value is -3.07. The molecule has 0 spiro atoms. The second kappa shape index (κ2) is 12.8. The van der Waals surface area contributed by atoms with Crippen molar-refractivity contribution in [1.29, 1.82) is 0 Å². The molecule has 0 radical (unpaired) electrons. The minimum Gasteiger partial charge on any atom is -0.493 e. The van der Waals surface area contributed by atoms with Crippen LogP contribution in [0.2, 0.25) is 0 Å². The number of ether oxygens (including phenoxy) is 4. The molecule has 2 heterocycles. The highest BCUT2D eigenvalue weighted by Crippen LogP contribution is 2.41. The van der Waals surface area contributed by atoms with Crippen LogP contribution in [0.1, 0.15) is 32.3 Å². The van der Waals surface area contributed by atoms with Crippen molar-refractivity contribution < 1.29 is 23.7 Å². The fourth-order valence-electron chi connectivity index (χ4n) is 4.29. The summed E-state index contributed by atoms with van der Waals surface area (Å²) in [6.45, 7) is 9.08. The molecule has 2 aromatic carbocycles. The molecule has 0 aliphatic carbocycles. The van der Waals surface area contributed by atoms with Crippen LogP contribution in [-0.2, 0) is 24.7 Å². The number of hydrogen-bond acceptors (Lipinski definition) is 8. The first-order chi connectivity index (χ1) is 17.7. The third-order valence-electron chi connectivity index (χ3n) is 6.30. The molecular weight excluding hydrogens is 458 g/mol. The van der Waals surface area contributed by atoms with E-state index in [2.05, 4.69) is 22.1 Å². The van der Waals surface area contributed by atoms with Crippen molar-refractivity contribution in [1.82, 2.24) is 4.90 Å². The van der Waals surface area contributed by atoms with Gasteiger partial charge in [-0.25, -0.2) is 4.79 Å². The number of nitrogens with zero attached hydrogens (tertiary/aromatic N) is 3. The van der Waals surface area contributed by atoms with E-state index >= 15 is 0 Å². The third-order valence-corrected chi connectivity index (χ3v) is 6.30. The number of esters is 1. The van der Waals surface area contributed by atoms with Gasteiger partial charge in [0.05, 0.1) is 39.2 Å². The van der Waals surface area contributed by atoms with Gasteiger partial charge < -0.3 is 18.9 Å². The van der Waals surface area contributed by atoms with Gasteiger partial charge in [0.25, 0.3) is 0 Å². The fourth-order valence-corrected chi connectivity index (χ4v) is 4.29. The molecule has 0 amide bonds. The van der Waals surface area contributed by atoms with E-state index in [0.717, 1.165) is 48.4 Å². The first-order valence-electron chi connectivity index (χ1n) is 12.7. The Morgan fingerprint density at radius 1 is 1.06 bits per heavy atom. The van der Waals surface area contributed by atoms with Crippen molar-refractivity contribution >= 4 is 5.97 Å². The van der Waals surface area contributed by atoms with Gasteiger partial charge in [-0.15, -0.1) is 5.11 Å². The predicted octanol–water partition coefficient (Wildman–Crippen LogP) is 4.95. The van der Waals surface area contributed by atoms with E-state index in [9.17, 15) is 4.79 Å². The molecule has 1 atom stereocenters. The molecule has 1 unspecified atom stereocenters. The second-order valence-electron chi connectivity index (χ2n) is 8.70. The van der Waals surface area contributed by atoms with Crippen molar-refractivity contribution in [2.24, 2.45) is 10.2 Å². The molecular formula is C28H35N3O5. The second-order valence-corrected chi connectivity index (χ2v) is 8.70. The summed E-state index contributed by atoms with van der Waals surface area (Å²) in [6, 6.07) is 15.9. The summed E-state index contributed by atoms with van der Waals surface area (Å²) in [4.78, 5) is 15.1. The molecule has 36 heavy (non-hydrogen) atoms. The summed E-state index contributed by atoms with van der Waals surface area (Å²) in [6.07, 6.45) is 3.53. The fraction of sp³-hybridized carbons (Fsp3) is 0.464. The van der Waals surface area contributed by atoms with Crippen LogP contribution in [0.3, 0.4) is 0 Å². The molecule has 0 bridgehead atoms. The maximum atomic E-state index is 12.8. The van der Waals surface area contributed by atoms with E-state index in [4.69, 9.17) is 18.9 Å². The highest BCUT2D eigenvalue weighted by Gasteiger charge is 2.45. The van der Waals surface area contributed by atoms with E-state index in [1.807, 2.05) is 48.5 Å². The molecule has 0 N–H and O–H groups in total. The Kier molecular flexibility index (Phi) is 9.22. The molecule has 0 aromatic heterocycles. The zero-order valence-electron chi connectivity index (χ0n) is 21.2. The molecule has 1 fully saturated rings. The van der Waals surface area contributed by atoms with Crippen LogP contribution < -0.4 is 4.74 Å². The Balaban J connectivity index is 1.58. The van der Waals surface area contributed by atoms with Gasteiger partial charge >= 0.3 is 5.97 Å². The lowest BCUT2D eigenvalue weighted by molar-refractivity contribution is -0.142. The van der Waals surface area contributed by atoms with Crippen molar-refractivity contribution in [2.45, 2.75) is 32.4 Å². The number of carbonyl (C=O) groups is 1. The van der Waals surface area contributed by atoms with Gasteiger partial charge in [0.2, 0.25) is 5.72 Å². The Bertz CT molecular complexity index is 1060. The number of hydrogen-bond donors (Lipinski definition) is 0. The summed E-state index contributed by atoms with van der Waals surface area (Å²) < 4.78 is 23.1. The molecule has 8 nitrogen and oxygen atoms in total. The van der Waals surface area contributed by atoms with Crippen molar-refractivity contribution in [3.8, 4) is 16.9 Å². The van der Waals surface area contributed by atoms with Crippen LogP contribution in [0, 0.1) is 0 Å². The monoisotopic (exact) mass is 493 g/mol. The average molecular weight is 494 g/mol. The Morgan fingerprint density at radius 2 is 1.83 bits per heavy atom. The average Bonchev–Trinajstić information content (AvgIpc) is 3.35. The highest BCUT2D eigenvalue weighted by molar-refractivity contribution is 5.91. The Labute approximate surface area is 212 Å². The van der Waals surface area contributed by atoms with Crippen molar-refractivity contribution in [2.75, 3.05) is 52.7 Å². The summed E-state index contributed by atoms with van der Waals surface area (Å²) >= 11 is 0. The first kappa shape index (κ1) is 26.0. The normalized spacial score (nSPS) is 19.8. The molecule has 2 aliphatic rings. The predicted molar refractivity (Wildman–Crippen MR) is 137 cm³/mol. The Morgan fingerprint density at radius 3 is 2.58 bits per heavy atom. The zero-order valence-corrected chi connectivity index (χ0v) is 21.2. The van der Waals surface area contributed by atoms with Gasteiger partial charge in [0.1, 0.15) is 11.3 Å². The van der Waals surface area contributed by atoms with E-state index in [1.165, 1.54) is 6.20 Å². The largest absolute Gasteiger partial charge is 0.493 e. The number of unbranched alkanes of at least 4 members (excludes halogenated alkanes) is 1. The third kappa shape index (κ3) is 6.00. The number of para-hydroxylation sites is 1. The maximum absolute atomic E-state index is 12.8. The number of azo groups is 1. The van der Waals surface area contributed by atoms with Gasteiger partial charge in [-0.05, 0) is 25.0 Å².